The molecule has 0 spiro atoms. The standard InChI is InChI=1S/C19H21N3O4/c1-13(2)17-6-4-5-7-18(17)26-12-19(23)21-20-14(3)15-8-10-16(11-9-15)22(24)25/h4-11,13H,12H2,1-3H3,(H,21,23)/b20-14-. The fourth-order valence-corrected chi connectivity index (χ4v) is 2.30. The molecule has 7 nitrogen and oxygen atoms in total. The van der Waals surface area contributed by atoms with E-state index in [4.69, 9.17) is 4.74 Å². The quantitative estimate of drug-likeness (QED) is 0.466. The SMILES string of the molecule is C/C(=N/NC(=O)COc1ccccc1C(C)C)c1ccc([N+](=O)[O-])cc1. The summed E-state index contributed by atoms with van der Waals surface area (Å²) in [7, 11) is 0. The van der Waals surface area contributed by atoms with Crippen molar-refractivity contribution in [2.24, 2.45) is 5.10 Å². The topological polar surface area (TPSA) is 93.8 Å². The van der Waals surface area contributed by atoms with Crippen LogP contribution in [0.1, 0.15) is 37.8 Å². The van der Waals surface area contributed by atoms with E-state index in [1.807, 2.05) is 24.3 Å². The molecule has 0 heterocycles. The number of ether oxygens (including phenoxy) is 1. The number of rotatable bonds is 7. The second-order valence-electron chi connectivity index (χ2n) is 6.02. The Balaban J connectivity index is 1.93. The van der Waals surface area contributed by atoms with Crippen LogP contribution in [0.4, 0.5) is 5.69 Å². The molecular formula is C19H21N3O4. The van der Waals surface area contributed by atoms with Crippen LogP contribution in [0.3, 0.4) is 0 Å². The molecule has 0 bridgehead atoms. The predicted octanol–water partition coefficient (Wildman–Crippen LogP) is 3.64. The van der Waals surface area contributed by atoms with Gasteiger partial charge in [0.15, 0.2) is 6.61 Å². The Bertz CT molecular complexity index is 814. The molecule has 2 aromatic rings. The average molecular weight is 355 g/mol. The highest BCUT2D eigenvalue weighted by molar-refractivity contribution is 5.99. The van der Waals surface area contributed by atoms with Gasteiger partial charge in [0.2, 0.25) is 0 Å². The van der Waals surface area contributed by atoms with Crippen LogP contribution in [0.25, 0.3) is 0 Å². The Morgan fingerprint density at radius 2 is 1.85 bits per heavy atom. The molecular weight excluding hydrogens is 334 g/mol. The van der Waals surface area contributed by atoms with Crippen molar-refractivity contribution < 1.29 is 14.5 Å². The first-order valence-electron chi connectivity index (χ1n) is 8.18. The summed E-state index contributed by atoms with van der Waals surface area (Å²) >= 11 is 0. The van der Waals surface area contributed by atoms with Crippen molar-refractivity contribution in [2.75, 3.05) is 6.61 Å². The van der Waals surface area contributed by atoms with Crippen LogP contribution in [0.5, 0.6) is 5.75 Å². The number of para-hydroxylation sites is 1. The molecule has 2 rings (SSSR count). The van der Waals surface area contributed by atoms with Gasteiger partial charge in [0.1, 0.15) is 5.75 Å². The summed E-state index contributed by atoms with van der Waals surface area (Å²) in [5.74, 6) is 0.579. The summed E-state index contributed by atoms with van der Waals surface area (Å²) in [5, 5.41) is 14.7. The second kappa shape index (κ2) is 8.75. The Hall–Kier alpha value is -3.22. The summed E-state index contributed by atoms with van der Waals surface area (Å²) < 4.78 is 5.58. The number of non-ortho nitro benzene ring substituents is 1. The van der Waals surface area contributed by atoms with Crippen molar-refractivity contribution in [2.45, 2.75) is 26.7 Å². The lowest BCUT2D eigenvalue weighted by molar-refractivity contribution is -0.384. The Morgan fingerprint density at radius 3 is 2.46 bits per heavy atom. The maximum absolute atomic E-state index is 11.9. The van der Waals surface area contributed by atoms with Gasteiger partial charge in [-0.3, -0.25) is 14.9 Å². The van der Waals surface area contributed by atoms with E-state index < -0.39 is 4.92 Å². The lowest BCUT2D eigenvalue weighted by Gasteiger charge is -2.13. The third-order valence-electron chi connectivity index (χ3n) is 3.74. The summed E-state index contributed by atoms with van der Waals surface area (Å²) in [6, 6.07) is 13.5. The molecule has 0 saturated heterocycles. The van der Waals surface area contributed by atoms with Crippen LogP contribution < -0.4 is 10.2 Å². The normalized spacial score (nSPS) is 11.3. The first kappa shape index (κ1) is 19.1. The van der Waals surface area contributed by atoms with Gasteiger partial charge < -0.3 is 4.74 Å². The highest BCUT2D eigenvalue weighted by Crippen LogP contribution is 2.25. The minimum atomic E-state index is -0.468. The minimum Gasteiger partial charge on any atom is -0.483 e. The largest absolute Gasteiger partial charge is 0.483 e. The molecule has 2 aromatic carbocycles. The zero-order valence-electron chi connectivity index (χ0n) is 14.9. The molecule has 1 amide bonds. The zero-order chi connectivity index (χ0) is 19.1. The van der Waals surface area contributed by atoms with Crippen LogP contribution in [-0.4, -0.2) is 23.1 Å². The molecule has 1 N–H and O–H groups in total. The van der Waals surface area contributed by atoms with Gasteiger partial charge >= 0.3 is 0 Å². The fourth-order valence-electron chi connectivity index (χ4n) is 2.30. The summed E-state index contributed by atoms with van der Waals surface area (Å²) in [6.45, 7) is 5.66. The second-order valence-corrected chi connectivity index (χ2v) is 6.02. The molecule has 0 fully saturated rings. The summed E-state index contributed by atoms with van der Waals surface area (Å²) in [5.41, 5.74) is 4.68. The maximum atomic E-state index is 11.9. The van der Waals surface area contributed by atoms with Gasteiger partial charge in [-0.1, -0.05) is 32.0 Å². The molecule has 0 unspecified atom stereocenters. The third-order valence-corrected chi connectivity index (χ3v) is 3.74. The molecule has 0 atom stereocenters. The monoisotopic (exact) mass is 355 g/mol. The van der Waals surface area contributed by atoms with Crippen molar-refractivity contribution in [3.05, 3.63) is 69.8 Å². The van der Waals surface area contributed by atoms with E-state index in [1.54, 1.807) is 19.1 Å². The number of carbonyl (C=O) groups excluding carboxylic acids is 1. The van der Waals surface area contributed by atoms with Gasteiger partial charge in [-0.15, -0.1) is 0 Å². The first-order valence-corrected chi connectivity index (χ1v) is 8.18. The van der Waals surface area contributed by atoms with E-state index in [-0.39, 0.29) is 24.1 Å². The van der Waals surface area contributed by atoms with Gasteiger partial charge in [0.25, 0.3) is 11.6 Å². The van der Waals surface area contributed by atoms with Gasteiger partial charge in [-0.05, 0) is 42.2 Å². The number of benzene rings is 2. The van der Waals surface area contributed by atoms with E-state index in [9.17, 15) is 14.9 Å². The van der Waals surface area contributed by atoms with E-state index >= 15 is 0 Å². The highest BCUT2D eigenvalue weighted by atomic mass is 16.6. The Labute approximate surface area is 151 Å². The van der Waals surface area contributed by atoms with E-state index in [1.165, 1.54) is 12.1 Å². The van der Waals surface area contributed by atoms with Crippen molar-refractivity contribution >= 4 is 17.3 Å². The number of nitrogens with one attached hydrogen (secondary N) is 1. The summed E-state index contributed by atoms with van der Waals surface area (Å²) in [6.07, 6.45) is 0. The number of carbonyl (C=O) groups is 1. The Morgan fingerprint density at radius 1 is 1.19 bits per heavy atom. The number of nitro benzene ring substituents is 1. The molecule has 136 valence electrons. The van der Waals surface area contributed by atoms with Gasteiger partial charge in [-0.2, -0.15) is 5.10 Å². The number of hydrogen-bond donors (Lipinski definition) is 1. The lowest BCUT2D eigenvalue weighted by Crippen LogP contribution is -2.25. The van der Waals surface area contributed by atoms with Gasteiger partial charge in [0.05, 0.1) is 10.6 Å². The molecule has 0 aliphatic rings. The number of hydrazone groups is 1. The lowest BCUT2D eigenvalue weighted by atomic mass is 10.0. The van der Waals surface area contributed by atoms with Crippen LogP contribution in [0, 0.1) is 10.1 Å². The van der Waals surface area contributed by atoms with Crippen molar-refractivity contribution in [3.8, 4) is 5.75 Å². The number of nitrogens with zero attached hydrogens (tertiary/aromatic N) is 2. The van der Waals surface area contributed by atoms with Crippen LogP contribution in [0.15, 0.2) is 53.6 Å². The van der Waals surface area contributed by atoms with Crippen LogP contribution in [0.2, 0.25) is 0 Å². The number of hydrogen-bond acceptors (Lipinski definition) is 5. The molecule has 0 aromatic heterocycles. The van der Waals surface area contributed by atoms with Crippen molar-refractivity contribution in [3.63, 3.8) is 0 Å². The average Bonchev–Trinajstić information content (AvgIpc) is 2.64. The maximum Gasteiger partial charge on any atom is 0.277 e. The molecule has 0 saturated carbocycles. The van der Waals surface area contributed by atoms with Crippen LogP contribution in [-0.2, 0) is 4.79 Å². The van der Waals surface area contributed by atoms with Gasteiger partial charge in [0, 0.05) is 12.1 Å². The minimum absolute atomic E-state index is 0.00260. The van der Waals surface area contributed by atoms with Crippen molar-refractivity contribution in [1.82, 2.24) is 5.43 Å². The third kappa shape index (κ3) is 5.14. The highest BCUT2D eigenvalue weighted by Gasteiger charge is 2.09. The number of nitro groups is 1. The first-order chi connectivity index (χ1) is 12.4. The summed E-state index contributed by atoms with van der Waals surface area (Å²) in [4.78, 5) is 22.1. The fraction of sp³-hybridized carbons (Fsp3) is 0.263. The van der Waals surface area contributed by atoms with Gasteiger partial charge in [-0.25, -0.2) is 5.43 Å². The molecule has 7 heteroatoms. The zero-order valence-corrected chi connectivity index (χ0v) is 14.9. The molecule has 0 aliphatic carbocycles. The molecule has 0 aliphatic heterocycles. The van der Waals surface area contributed by atoms with Crippen molar-refractivity contribution in [1.29, 1.82) is 0 Å². The smallest absolute Gasteiger partial charge is 0.277 e. The van der Waals surface area contributed by atoms with E-state index in [0.717, 1.165) is 5.56 Å². The number of amides is 1. The van der Waals surface area contributed by atoms with E-state index in [2.05, 4.69) is 24.4 Å². The van der Waals surface area contributed by atoms with Crippen LogP contribution >= 0.6 is 0 Å². The molecule has 26 heavy (non-hydrogen) atoms. The Kier molecular flexibility index (Phi) is 6.43. The molecule has 0 radical (unpaired) electrons. The van der Waals surface area contributed by atoms with E-state index in [0.29, 0.717) is 17.0 Å². The predicted molar refractivity (Wildman–Crippen MR) is 99.5 cm³/mol.